The van der Waals surface area contributed by atoms with Gasteiger partial charge in [0, 0.05) is 18.4 Å². The van der Waals surface area contributed by atoms with E-state index in [1.54, 1.807) is 36.5 Å². The summed E-state index contributed by atoms with van der Waals surface area (Å²) in [5, 5.41) is 6.83. The predicted octanol–water partition coefficient (Wildman–Crippen LogP) is 5.10. The molecule has 122 valence electrons. The van der Waals surface area contributed by atoms with Crippen LogP contribution >= 0.6 is 23.2 Å². The van der Waals surface area contributed by atoms with Crippen LogP contribution in [0, 0.1) is 5.92 Å². The van der Waals surface area contributed by atoms with Crippen LogP contribution in [0.15, 0.2) is 36.5 Å². The van der Waals surface area contributed by atoms with Gasteiger partial charge in [-0.25, -0.2) is 4.98 Å². The van der Waals surface area contributed by atoms with E-state index in [2.05, 4.69) is 29.5 Å². The Kier molecular flexibility index (Phi) is 6.25. The zero-order valence-electron chi connectivity index (χ0n) is 13.1. The number of benzene rings is 1. The van der Waals surface area contributed by atoms with E-state index >= 15 is 0 Å². The number of hydrogen-bond donors (Lipinski definition) is 2. The van der Waals surface area contributed by atoms with Crippen LogP contribution in [0.2, 0.25) is 10.0 Å². The number of aromatic nitrogens is 1. The first kappa shape index (κ1) is 17.6. The van der Waals surface area contributed by atoms with Crippen LogP contribution in [0.1, 0.15) is 30.6 Å². The van der Waals surface area contributed by atoms with E-state index in [0.29, 0.717) is 27.2 Å². The van der Waals surface area contributed by atoms with Gasteiger partial charge in [0.05, 0.1) is 15.6 Å². The fourth-order valence-electron chi connectivity index (χ4n) is 1.90. The second-order valence-electron chi connectivity index (χ2n) is 5.62. The minimum absolute atomic E-state index is 0.246. The Morgan fingerprint density at radius 3 is 2.57 bits per heavy atom. The van der Waals surface area contributed by atoms with Crippen molar-refractivity contribution >= 4 is 40.6 Å². The summed E-state index contributed by atoms with van der Waals surface area (Å²) in [5.41, 5.74) is 1.06. The molecule has 1 heterocycles. The second kappa shape index (κ2) is 8.18. The van der Waals surface area contributed by atoms with Gasteiger partial charge in [0.25, 0.3) is 5.91 Å². The van der Waals surface area contributed by atoms with Crippen LogP contribution in [-0.2, 0) is 0 Å². The Hall–Kier alpha value is -1.78. The van der Waals surface area contributed by atoms with Gasteiger partial charge in [-0.2, -0.15) is 0 Å². The molecule has 0 aliphatic rings. The molecule has 0 bridgehead atoms. The minimum Gasteiger partial charge on any atom is -0.370 e. The highest BCUT2D eigenvalue weighted by molar-refractivity contribution is 6.42. The highest BCUT2D eigenvalue weighted by atomic mass is 35.5. The summed E-state index contributed by atoms with van der Waals surface area (Å²) in [6.07, 6.45) is 2.62. The zero-order chi connectivity index (χ0) is 16.8. The van der Waals surface area contributed by atoms with Crippen LogP contribution in [-0.4, -0.2) is 17.4 Å². The number of nitrogens with one attached hydrogen (secondary N) is 2. The van der Waals surface area contributed by atoms with Crippen LogP contribution < -0.4 is 10.6 Å². The average molecular weight is 352 g/mol. The highest BCUT2D eigenvalue weighted by Crippen LogP contribution is 2.25. The van der Waals surface area contributed by atoms with Crippen LogP contribution in [0.5, 0.6) is 0 Å². The molecule has 0 fully saturated rings. The number of anilines is 2. The van der Waals surface area contributed by atoms with E-state index in [4.69, 9.17) is 23.2 Å². The summed E-state index contributed by atoms with van der Waals surface area (Å²) >= 11 is 11.8. The number of halogens is 2. The van der Waals surface area contributed by atoms with Crippen molar-refractivity contribution in [2.45, 2.75) is 20.3 Å². The Balaban J connectivity index is 1.95. The SMILES string of the molecule is CC(C)CCNc1ccc(C(=O)Nc2ccc(Cl)c(Cl)c2)cn1. The first-order valence-electron chi connectivity index (χ1n) is 7.42. The molecule has 1 amide bonds. The summed E-state index contributed by atoms with van der Waals surface area (Å²) in [6, 6.07) is 8.47. The molecule has 0 atom stereocenters. The van der Waals surface area contributed by atoms with Crippen LogP contribution in [0.4, 0.5) is 11.5 Å². The van der Waals surface area contributed by atoms with Crippen molar-refractivity contribution in [1.82, 2.24) is 4.98 Å². The topological polar surface area (TPSA) is 54.0 Å². The summed E-state index contributed by atoms with van der Waals surface area (Å²) in [5.74, 6) is 1.15. The molecule has 2 N–H and O–H groups in total. The molecule has 0 spiro atoms. The maximum atomic E-state index is 12.2. The standard InChI is InChI=1S/C17H19Cl2N3O/c1-11(2)7-8-20-16-6-3-12(10-21-16)17(23)22-13-4-5-14(18)15(19)9-13/h3-6,9-11H,7-8H2,1-2H3,(H,20,21)(H,22,23). The zero-order valence-corrected chi connectivity index (χ0v) is 14.6. The van der Waals surface area contributed by atoms with E-state index in [1.165, 1.54) is 0 Å². The first-order valence-corrected chi connectivity index (χ1v) is 8.17. The number of pyridine rings is 1. The third-order valence-electron chi connectivity index (χ3n) is 3.23. The third kappa shape index (κ3) is 5.41. The van der Waals surface area contributed by atoms with E-state index in [-0.39, 0.29) is 5.91 Å². The Labute approximate surface area is 146 Å². The molecular weight excluding hydrogens is 333 g/mol. The molecule has 0 unspecified atom stereocenters. The Bertz CT molecular complexity index is 672. The van der Waals surface area contributed by atoms with Gasteiger partial charge in [-0.05, 0) is 42.7 Å². The largest absolute Gasteiger partial charge is 0.370 e. The van der Waals surface area contributed by atoms with Gasteiger partial charge in [0.15, 0.2) is 0 Å². The van der Waals surface area contributed by atoms with Gasteiger partial charge in [-0.1, -0.05) is 37.0 Å². The number of hydrogen-bond acceptors (Lipinski definition) is 3. The molecule has 0 saturated heterocycles. The van der Waals surface area contributed by atoms with E-state index < -0.39 is 0 Å². The monoisotopic (exact) mass is 351 g/mol. The fraction of sp³-hybridized carbons (Fsp3) is 0.294. The van der Waals surface area contributed by atoms with Gasteiger partial charge in [-0.15, -0.1) is 0 Å². The number of amides is 1. The molecule has 4 nitrogen and oxygen atoms in total. The maximum absolute atomic E-state index is 12.2. The van der Waals surface area contributed by atoms with Crippen LogP contribution in [0.3, 0.4) is 0 Å². The first-order chi connectivity index (χ1) is 11.0. The molecule has 2 rings (SSSR count). The van der Waals surface area contributed by atoms with E-state index in [1.807, 2.05) is 0 Å². The molecule has 0 aliphatic carbocycles. The smallest absolute Gasteiger partial charge is 0.257 e. The second-order valence-corrected chi connectivity index (χ2v) is 6.44. The van der Waals surface area contributed by atoms with Crippen molar-refractivity contribution in [2.24, 2.45) is 5.92 Å². The maximum Gasteiger partial charge on any atom is 0.257 e. The summed E-state index contributed by atoms with van der Waals surface area (Å²) < 4.78 is 0. The van der Waals surface area contributed by atoms with Crippen molar-refractivity contribution in [3.8, 4) is 0 Å². The lowest BCUT2D eigenvalue weighted by molar-refractivity contribution is 0.102. The Morgan fingerprint density at radius 2 is 1.96 bits per heavy atom. The van der Waals surface area contributed by atoms with Crippen molar-refractivity contribution < 1.29 is 4.79 Å². The summed E-state index contributed by atoms with van der Waals surface area (Å²) in [6.45, 7) is 5.20. The van der Waals surface area contributed by atoms with Gasteiger partial charge >= 0.3 is 0 Å². The van der Waals surface area contributed by atoms with Crippen molar-refractivity contribution in [3.05, 3.63) is 52.1 Å². The van der Waals surface area contributed by atoms with Crippen LogP contribution in [0.25, 0.3) is 0 Å². The number of carbonyl (C=O) groups is 1. The lowest BCUT2D eigenvalue weighted by Crippen LogP contribution is -2.13. The van der Waals surface area contributed by atoms with Gasteiger partial charge < -0.3 is 10.6 Å². The number of carbonyl (C=O) groups excluding carboxylic acids is 1. The predicted molar refractivity (Wildman–Crippen MR) is 96.6 cm³/mol. The minimum atomic E-state index is -0.246. The lowest BCUT2D eigenvalue weighted by Gasteiger charge is -2.09. The molecule has 0 radical (unpaired) electrons. The lowest BCUT2D eigenvalue weighted by atomic mass is 10.1. The number of rotatable bonds is 6. The molecule has 1 aromatic carbocycles. The average Bonchev–Trinajstić information content (AvgIpc) is 2.51. The fourth-order valence-corrected chi connectivity index (χ4v) is 2.20. The third-order valence-corrected chi connectivity index (χ3v) is 3.97. The highest BCUT2D eigenvalue weighted by Gasteiger charge is 2.08. The quantitative estimate of drug-likeness (QED) is 0.761. The Morgan fingerprint density at radius 1 is 1.17 bits per heavy atom. The molecule has 0 aliphatic heterocycles. The van der Waals surface area contributed by atoms with Crippen molar-refractivity contribution in [1.29, 1.82) is 0 Å². The molecule has 23 heavy (non-hydrogen) atoms. The van der Waals surface area contributed by atoms with Crippen molar-refractivity contribution in [3.63, 3.8) is 0 Å². The molecule has 2 aromatic rings. The molecule has 0 saturated carbocycles. The van der Waals surface area contributed by atoms with Gasteiger partial charge in [0.1, 0.15) is 5.82 Å². The molecule has 6 heteroatoms. The summed E-state index contributed by atoms with van der Waals surface area (Å²) in [7, 11) is 0. The number of nitrogens with zero attached hydrogens (tertiary/aromatic N) is 1. The molecular formula is C17H19Cl2N3O. The summed E-state index contributed by atoms with van der Waals surface area (Å²) in [4.78, 5) is 16.4. The normalized spacial score (nSPS) is 10.7. The van der Waals surface area contributed by atoms with Crippen molar-refractivity contribution in [2.75, 3.05) is 17.2 Å². The van der Waals surface area contributed by atoms with E-state index in [0.717, 1.165) is 18.8 Å². The van der Waals surface area contributed by atoms with E-state index in [9.17, 15) is 4.79 Å². The van der Waals surface area contributed by atoms with Gasteiger partial charge in [-0.3, -0.25) is 4.79 Å². The van der Waals surface area contributed by atoms with Gasteiger partial charge in [0.2, 0.25) is 0 Å². The molecule has 1 aromatic heterocycles.